The molecule has 0 radical (unpaired) electrons. The number of hydrogen-bond acceptors (Lipinski definition) is 4. The van der Waals surface area contributed by atoms with Crippen molar-refractivity contribution < 1.29 is 4.79 Å². The summed E-state index contributed by atoms with van der Waals surface area (Å²) in [6, 6.07) is 24.0. The number of benzene rings is 3. The van der Waals surface area contributed by atoms with E-state index in [1.807, 2.05) is 61.5 Å². The number of nitrogens with one attached hydrogen (secondary N) is 1. The zero-order chi connectivity index (χ0) is 21.6. The summed E-state index contributed by atoms with van der Waals surface area (Å²) in [5.41, 5.74) is 2.75. The molecule has 1 N–H and O–H groups in total. The number of carbonyl (C=O) groups excluding carboxylic acids is 1. The normalized spacial score (nSPS) is 16.4. The van der Waals surface area contributed by atoms with Gasteiger partial charge in [0.25, 0.3) is 0 Å². The molecule has 1 atom stereocenters. The Kier molecular flexibility index (Phi) is 6.61. The molecule has 31 heavy (non-hydrogen) atoms. The Bertz CT molecular complexity index is 1090. The van der Waals surface area contributed by atoms with E-state index in [4.69, 9.17) is 5.26 Å². The summed E-state index contributed by atoms with van der Waals surface area (Å²) < 4.78 is 0. The van der Waals surface area contributed by atoms with Gasteiger partial charge in [0.1, 0.15) is 0 Å². The topological polar surface area (TPSA) is 59.4 Å². The molecule has 1 heterocycles. The molecule has 0 spiro atoms. The molecule has 3 aromatic carbocycles. The molecule has 1 aliphatic heterocycles. The quantitative estimate of drug-likeness (QED) is 0.681. The Morgan fingerprint density at radius 3 is 2.55 bits per heavy atom. The maximum Gasteiger partial charge on any atom is 0.241 e. The zero-order valence-electron chi connectivity index (χ0n) is 17.9. The van der Waals surface area contributed by atoms with Gasteiger partial charge in [-0.2, -0.15) is 5.26 Å². The molecule has 1 amide bonds. The third-order valence-electron chi connectivity index (χ3n) is 6.06. The van der Waals surface area contributed by atoms with E-state index in [9.17, 15) is 4.79 Å². The Labute approximate surface area is 183 Å². The van der Waals surface area contributed by atoms with Crippen molar-refractivity contribution in [1.29, 1.82) is 5.26 Å². The lowest BCUT2D eigenvalue weighted by atomic mass is 10.1. The zero-order valence-corrected chi connectivity index (χ0v) is 17.9. The number of rotatable bonds is 5. The molecule has 0 saturated carbocycles. The lowest BCUT2D eigenvalue weighted by molar-refractivity contribution is -0.120. The summed E-state index contributed by atoms with van der Waals surface area (Å²) in [6.45, 7) is 6.58. The van der Waals surface area contributed by atoms with E-state index < -0.39 is 0 Å². The Morgan fingerprint density at radius 2 is 1.77 bits per heavy atom. The first-order valence-corrected chi connectivity index (χ1v) is 10.9. The van der Waals surface area contributed by atoms with Crippen LogP contribution in [0, 0.1) is 11.3 Å². The largest absolute Gasteiger partial charge is 0.325 e. The number of carbonyl (C=O) groups is 1. The van der Waals surface area contributed by atoms with Crippen molar-refractivity contribution in [3.8, 4) is 6.07 Å². The minimum absolute atomic E-state index is 0.0378. The predicted octanol–water partition coefficient (Wildman–Crippen LogP) is 4.25. The standard InChI is InChI=1S/C26H28N4O/c1-20(26(31)28-25-12-11-23-5-2-3-6-24(23)17-25)30-14-4-13-29(15-16-30)19-22-9-7-21(18-27)8-10-22/h2-3,5-12,17,20H,4,13-16,19H2,1H3,(H,28,31)/t20-/m1/s1. The maximum absolute atomic E-state index is 12.9. The number of hydrogen-bond donors (Lipinski definition) is 1. The van der Waals surface area contributed by atoms with Crippen molar-refractivity contribution in [1.82, 2.24) is 9.80 Å². The van der Waals surface area contributed by atoms with Crippen molar-refractivity contribution in [2.24, 2.45) is 0 Å². The minimum atomic E-state index is -0.179. The molecule has 0 unspecified atom stereocenters. The Balaban J connectivity index is 1.33. The van der Waals surface area contributed by atoms with Crippen molar-refractivity contribution in [2.75, 3.05) is 31.5 Å². The molecule has 3 aromatic rings. The second kappa shape index (κ2) is 9.74. The van der Waals surface area contributed by atoms with Crippen LogP contribution in [0.5, 0.6) is 0 Å². The first-order chi connectivity index (χ1) is 15.1. The van der Waals surface area contributed by atoms with Gasteiger partial charge in [0.2, 0.25) is 5.91 Å². The van der Waals surface area contributed by atoms with E-state index in [0.717, 1.165) is 50.2 Å². The van der Waals surface area contributed by atoms with Crippen molar-refractivity contribution in [3.63, 3.8) is 0 Å². The fourth-order valence-electron chi connectivity index (χ4n) is 4.16. The van der Waals surface area contributed by atoms with Gasteiger partial charge in [-0.15, -0.1) is 0 Å². The van der Waals surface area contributed by atoms with Gasteiger partial charge in [-0.1, -0.05) is 42.5 Å². The summed E-state index contributed by atoms with van der Waals surface area (Å²) in [4.78, 5) is 17.6. The monoisotopic (exact) mass is 412 g/mol. The van der Waals surface area contributed by atoms with Crippen LogP contribution in [0.3, 0.4) is 0 Å². The summed E-state index contributed by atoms with van der Waals surface area (Å²) >= 11 is 0. The van der Waals surface area contributed by atoms with Crippen LogP contribution in [0.25, 0.3) is 10.8 Å². The van der Waals surface area contributed by atoms with Crippen LogP contribution in [-0.2, 0) is 11.3 Å². The molecule has 5 heteroatoms. The number of anilines is 1. The third-order valence-corrected chi connectivity index (χ3v) is 6.06. The van der Waals surface area contributed by atoms with Crippen molar-refractivity contribution in [3.05, 3.63) is 77.9 Å². The number of nitriles is 1. The molecule has 5 nitrogen and oxygen atoms in total. The first-order valence-electron chi connectivity index (χ1n) is 10.9. The van der Waals surface area contributed by atoms with Crippen LogP contribution >= 0.6 is 0 Å². The van der Waals surface area contributed by atoms with E-state index in [1.54, 1.807) is 0 Å². The highest BCUT2D eigenvalue weighted by molar-refractivity contribution is 5.97. The second-order valence-corrected chi connectivity index (χ2v) is 8.20. The van der Waals surface area contributed by atoms with Gasteiger partial charge in [0, 0.05) is 31.9 Å². The van der Waals surface area contributed by atoms with Crippen molar-refractivity contribution >= 4 is 22.4 Å². The third kappa shape index (κ3) is 5.29. The van der Waals surface area contributed by atoms with Gasteiger partial charge in [0.15, 0.2) is 0 Å². The highest BCUT2D eigenvalue weighted by Crippen LogP contribution is 2.20. The molecular weight excluding hydrogens is 384 g/mol. The summed E-state index contributed by atoms with van der Waals surface area (Å²) in [5, 5.41) is 14.3. The molecule has 0 aromatic heterocycles. The lowest BCUT2D eigenvalue weighted by Crippen LogP contribution is -2.43. The van der Waals surface area contributed by atoms with E-state index in [-0.39, 0.29) is 11.9 Å². The highest BCUT2D eigenvalue weighted by atomic mass is 16.2. The lowest BCUT2D eigenvalue weighted by Gasteiger charge is -2.27. The fourth-order valence-corrected chi connectivity index (χ4v) is 4.16. The van der Waals surface area contributed by atoms with Gasteiger partial charge in [0.05, 0.1) is 17.7 Å². The average molecular weight is 413 g/mol. The molecular formula is C26H28N4O. The molecule has 1 fully saturated rings. The van der Waals surface area contributed by atoms with Crippen LogP contribution in [0.15, 0.2) is 66.7 Å². The molecule has 0 bridgehead atoms. The van der Waals surface area contributed by atoms with Crippen LogP contribution in [0.4, 0.5) is 5.69 Å². The summed E-state index contributed by atoms with van der Waals surface area (Å²) in [7, 11) is 0. The molecule has 1 aliphatic rings. The fraction of sp³-hybridized carbons (Fsp3) is 0.308. The maximum atomic E-state index is 12.9. The first kappa shape index (κ1) is 21.0. The van der Waals surface area contributed by atoms with Gasteiger partial charge in [-0.25, -0.2) is 0 Å². The van der Waals surface area contributed by atoms with Gasteiger partial charge >= 0.3 is 0 Å². The van der Waals surface area contributed by atoms with E-state index in [0.29, 0.717) is 5.56 Å². The highest BCUT2D eigenvalue weighted by Gasteiger charge is 2.24. The van der Waals surface area contributed by atoms with E-state index >= 15 is 0 Å². The summed E-state index contributed by atoms with van der Waals surface area (Å²) in [5.74, 6) is 0.0378. The van der Waals surface area contributed by atoms with Crippen molar-refractivity contribution in [2.45, 2.75) is 25.9 Å². The molecule has 0 aliphatic carbocycles. The Hall–Kier alpha value is -3.20. The number of fused-ring (bicyclic) bond motifs is 1. The van der Waals surface area contributed by atoms with Crippen LogP contribution in [0.1, 0.15) is 24.5 Å². The number of amides is 1. The van der Waals surface area contributed by atoms with Gasteiger partial charge in [-0.05, 0) is 60.5 Å². The smallest absolute Gasteiger partial charge is 0.241 e. The average Bonchev–Trinajstić information content (AvgIpc) is 3.04. The molecule has 158 valence electrons. The van der Waals surface area contributed by atoms with Gasteiger partial charge < -0.3 is 5.32 Å². The van der Waals surface area contributed by atoms with E-state index in [2.05, 4.69) is 33.3 Å². The SMILES string of the molecule is C[C@H](C(=O)Nc1ccc2ccccc2c1)N1CCCN(Cc2ccc(C#N)cc2)CC1. The Morgan fingerprint density at radius 1 is 1.00 bits per heavy atom. The van der Waals surface area contributed by atoms with Crippen LogP contribution < -0.4 is 5.32 Å². The predicted molar refractivity (Wildman–Crippen MR) is 125 cm³/mol. The second-order valence-electron chi connectivity index (χ2n) is 8.20. The summed E-state index contributed by atoms with van der Waals surface area (Å²) in [6.07, 6.45) is 1.03. The van der Waals surface area contributed by atoms with Gasteiger partial charge in [-0.3, -0.25) is 14.6 Å². The van der Waals surface area contributed by atoms with E-state index in [1.165, 1.54) is 10.9 Å². The van der Waals surface area contributed by atoms with Crippen LogP contribution in [0.2, 0.25) is 0 Å². The number of nitrogens with zero attached hydrogens (tertiary/aromatic N) is 3. The van der Waals surface area contributed by atoms with Crippen LogP contribution in [-0.4, -0.2) is 47.9 Å². The molecule has 1 saturated heterocycles. The molecule has 4 rings (SSSR count). The minimum Gasteiger partial charge on any atom is -0.325 e.